The van der Waals surface area contributed by atoms with Crippen LogP contribution in [0.25, 0.3) is 5.57 Å². The number of benzene rings is 3. The molecule has 4 heteroatoms. The Kier molecular flexibility index (Phi) is 5.75. The van der Waals surface area contributed by atoms with Crippen LogP contribution < -0.4 is 4.72 Å². The van der Waals surface area contributed by atoms with Gasteiger partial charge in [-0.2, -0.15) is 0 Å². The predicted octanol–water partition coefficient (Wildman–Crippen LogP) is 5.82. The molecule has 3 aromatic rings. The molecule has 0 heterocycles. The minimum absolute atomic E-state index is 0.0260. The molecule has 0 radical (unpaired) electrons. The number of hydrogen-bond donors (Lipinski definition) is 1. The van der Waals surface area contributed by atoms with Crippen molar-refractivity contribution < 1.29 is 8.42 Å². The lowest BCUT2D eigenvalue weighted by Gasteiger charge is -2.28. The highest BCUT2D eigenvalue weighted by atomic mass is 32.2. The second kappa shape index (κ2) is 8.68. The van der Waals surface area contributed by atoms with Gasteiger partial charge in [-0.15, -0.1) is 0 Å². The molecule has 32 heavy (non-hydrogen) atoms. The third kappa shape index (κ3) is 4.17. The molecule has 1 N–H and O–H groups in total. The summed E-state index contributed by atoms with van der Waals surface area (Å²) in [5.74, 6) is 0. The van der Waals surface area contributed by atoms with E-state index in [0.29, 0.717) is 4.90 Å². The van der Waals surface area contributed by atoms with Crippen LogP contribution in [0, 0.1) is 6.92 Å². The van der Waals surface area contributed by atoms with Crippen molar-refractivity contribution in [2.24, 2.45) is 0 Å². The summed E-state index contributed by atoms with van der Waals surface area (Å²) in [5.41, 5.74) is 9.42. The second-order valence-corrected chi connectivity index (χ2v) is 10.7. The largest absolute Gasteiger partial charge is 0.240 e. The lowest BCUT2D eigenvalue weighted by molar-refractivity contribution is 0.466. The fraction of sp³-hybridized carbons (Fsp3) is 0.286. The summed E-state index contributed by atoms with van der Waals surface area (Å²) in [6.45, 7) is 1.96. The predicted molar refractivity (Wildman–Crippen MR) is 130 cm³/mol. The molecule has 5 rings (SSSR count). The smallest absolute Gasteiger partial charge is 0.208 e. The molecule has 1 saturated carbocycles. The maximum atomic E-state index is 12.8. The Morgan fingerprint density at radius 3 is 1.81 bits per heavy atom. The number of hydrogen-bond acceptors (Lipinski definition) is 2. The van der Waals surface area contributed by atoms with Crippen molar-refractivity contribution in [1.29, 1.82) is 0 Å². The molecule has 2 aliphatic rings. The maximum Gasteiger partial charge on any atom is 0.240 e. The van der Waals surface area contributed by atoms with Crippen molar-refractivity contribution in [3.05, 3.63) is 106 Å². The van der Waals surface area contributed by atoms with Crippen LogP contribution in [0.4, 0.5) is 0 Å². The van der Waals surface area contributed by atoms with E-state index in [1.165, 1.54) is 33.4 Å². The van der Waals surface area contributed by atoms with Gasteiger partial charge in [-0.3, -0.25) is 0 Å². The highest BCUT2D eigenvalue weighted by molar-refractivity contribution is 7.89. The zero-order valence-corrected chi connectivity index (χ0v) is 19.3. The summed E-state index contributed by atoms with van der Waals surface area (Å²) in [7, 11) is -3.49. The molecule has 0 amide bonds. The Hall–Kier alpha value is -2.69. The van der Waals surface area contributed by atoms with Gasteiger partial charge >= 0.3 is 0 Å². The van der Waals surface area contributed by atoms with E-state index in [-0.39, 0.29) is 6.04 Å². The molecule has 2 aliphatic carbocycles. The monoisotopic (exact) mass is 443 g/mol. The number of fused-ring (bicyclic) bond motifs is 2. The molecule has 0 saturated heterocycles. The van der Waals surface area contributed by atoms with Gasteiger partial charge in [-0.25, -0.2) is 13.1 Å². The summed E-state index contributed by atoms with van der Waals surface area (Å²) in [4.78, 5) is 0.346. The number of sulfonamides is 1. The first-order valence-corrected chi connectivity index (χ1v) is 13.0. The summed E-state index contributed by atoms with van der Waals surface area (Å²) in [6.07, 6.45) is 5.60. The molecule has 164 valence electrons. The molecule has 0 aliphatic heterocycles. The molecule has 3 nitrogen and oxygen atoms in total. The number of aryl methyl sites for hydroxylation is 3. The van der Waals surface area contributed by atoms with E-state index in [1.807, 2.05) is 19.1 Å². The van der Waals surface area contributed by atoms with Crippen molar-refractivity contribution in [1.82, 2.24) is 4.72 Å². The number of allylic oxidation sites excluding steroid dienone is 1. The Bertz CT molecular complexity index is 1210. The normalized spacial score (nSPS) is 18.6. The van der Waals surface area contributed by atoms with Gasteiger partial charge in [-0.05, 0) is 85.4 Å². The molecule has 3 aromatic carbocycles. The lowest BCUT2D eigenvalue weighted by atomic mass is 9.82. The van der Waals surface area contributed by atoms with Crippen molar-refractivity contribution in [2.75, 3.05) is 0 Å². The first-order chi connectivity index (χ1) is 15.5. The van der Waals surface area contributed by atoms with E-state index in [1.54, 1.807) is 12.1 Å². The van der Waals surface area contributed by atoms with Gasteiger partial charge in [0.2, 0.25) is 10.0 Å². The topological polar surface area (TPSA) is 46.2 Å². The molecule has 0 atom stereocenters. The van der Waals surface area contributed by atoms with E-state index in [9.17, 15) is 8.42 Å². The Labute approximate surface area is 191 Å². The van der Waals surface area contributed by atoms with E-state index in [4.69, 9.17) is 0 Å². The number of rotatable bonds is 3. The van der Waals surface area contributed by atoms with Gasteiger partial charge in [-0.1, -0.05) is 71.8 Å². The van der Waals surface area contributed by atoms with E-state index in [0.717, 1.165) is 44.1 Å². The quantitative estimate of drug-likeness (QED) is 0.555. The third-order valence-electron chi connectivity index (χ3n) is 6.83. The zero-order chi connectivity index (χ0) is 22.1. The minimum Gasteiger partial charge on any atom is -0.208 e. The first-order valence-electron chi connectivity index (χ1n) is 11.5. The molecule has 0 aromatic heterocycles. The average Bonchev–Trinajstić information content (AvgIpc) is 2.97. The van der Waals surface area contributed by atoms with Crippen LogP contribution in [0.15, 0.2) is 83.3 Å². The summed E-state index contributed by atoms with van der Waals surface area (Å²) >= 11 is 0. The highest BCUT2D eigenvalue weighted by Gasteiger charge is 2.27. The van der Waals surface area contributed by atoms with E-state index >= 15 is 0 Å². The minimum atomic E-state index is -3.49. The van der Waals surface area contributed by atoms with Crippen LogP contribution in [0.5, 0.6) is 0 Å². The van der Waals surface area contributed by atoms with Crippen molar-refractivity contribution in [3.63, 3.8) is 0 Å². The van der Waals surface area contributed by atoms with Crippen LogP contribution >= 0.6 is 0 Å². The Morgan fingerprint density at radius 2 is 1.25 bits per heavy atom. The van der Waals surface area contributed by atoms with E-state index < -0.39 is 10.0 Å². The van der Waals surface area contributed by atoms with Gasteiger partial charge in [0.15, 0.2) is 0 Å². The van der Waals surface area contributed by atoms with Crippen LogP contribution in [0.3, 0.4) is 0 Å². The molecular weight excluding hydrogens is 414 g/mol. The summed E-state index contributed by atoms with van der Waals surface area (Å²) < 4.78 is 28.6. The highest BCUT2D eigenvalue weighted by Crippen LogP contribution is 2.40. The van der Waals surface area contributed by atoms with Gasteiger partial charge < -0.3 is 0 Å². The first kappa shape index (κ1) is 21.2. The van der Waals surface area contributed by atoms with Gasteiger partial charge in [0, 0.05) is 6.04 Å². The van der Waals surface area contributed by atoms with Crippen molar-refractivity contribution in [3.8, 4) is 0 Å². The fourth-order valence-corrected chi connectivity index (χ4v) is 6.40. The Morgan fingerprint density at radius 1 is 0.719 bits per heavy atom. The third-order valence-corrected chi connectivity index (χ3v) is 8.37. The van der Waals surface area contributed by atoms with Crippen LogP contribution in [-0.4, -0.2) is 14.5 Å². The lowest BCUT2D eigenvalue weighted by Crippen LogP contribution is -2.36. The zero-order valence-electron chi connectivity index (χ0n) is 18.5. The maximum absolute atomic E-state index is 12.8. The van der Waals surface area contributed by atoms with Crippen LogP contribution in [0.2, 0.25) is 0 Å². The van der Waals surface area contributed by atoms with Crippen molar-refractivity contribution >= 4 is 15.6 Å². The summed E-state index contributed by atoms with van der Waals surface area (Å²) in [5, 5.41) is 0. The van der Waals surface area contributed by atoms with Gasteiger partial charge in [0.1, 0.15) is 0 Å². The van der Waals surface area contributed by atoms with Crippen LogP contribution in [-0.2, 0) is 22.9 Å². The van der Waals surface area contributed by atoms with E-state index in [2.05, 4.69) is 53.3 Å². The fourth-order valence-electron chi connectivity index (χ4n) is 5.10. The molecule has 1 fully saturated rings. The molecule has 0 unspecified atom stereocenters. The molecule has 0 spiro atoms. The summed E-state index contributed by atoms with van der Waals surface area (Å²) in [6, 6.07) is 24.6. The molecular formula is C28H29NO2S. The van der Waals surface area contributed by atoms with Gasteiger partial charge in [0.25, 0.3) is 0 Å². The standard InChI is InChI=1S/C28H29NO2S/c1-20-10-18-25(19-11-20)32(30,31)29-24-16-14-23(15-17-24)28-26-8-4-2-6-21(26)12-13-22-7-3-5-9-27(22)28/h2-11,18-19,24,29H,12-17H2,1H3. The SMILES string of the molecule is Cc1ccc(S(=O)(=O)NC2CCC(=C3c4ccccc4CCc4ccccc43)CC2)cc1. The van der Waals surface area contributed by atoms with Crippen LogP contribution in [0.1, 0.15) is 53.5 Å². The molecule has 0 bridgehead atoms. The van der Waals surface area contributed by atoms with Crippen molar-refractivity contribution in [2.45, 2.75) is 56.4 Å². The number of nitrogens with one attached hydrogen (secondary N) is 1. The average molecular weight is 444 g/mol. The Balaban J connectivity index is 1.42. The van der Waals surface area contributed by atoms with Gasteiger partial charge in [0.05, 0.1) is 4.90 Å². The second-order valence-electron chi connectivity index (χ2n) is 9.00.